The molecule has 0 aliphatic carbocycles. The minimum atomic E-state index is -4.51. The van der Waals surface area contributed by atoms with Gasteiger partial charge in [-0.05, 0) is 25.1 Å². The summed E-state index contributed by atoms with van der Waals surface area (Å²) < 4.78 is 46.8. The maximum absolute atomic E-state index is 13.3. The number of ether oxygens (including phenoxy) is 1. The molecule has 1 atom stereocenters. The van der Waals surface area contributed by atoms with E-state index in [1.54, 1.807) is 12.3 Å². The largest absolute Gasteiger partial charge is 0.434 e. The van der Waals surface area contributed by atoms with Gasteiger partial charge in [-0.1, -0.05) is 19.6 Å². The van der Waals surface area contributed by atoms with E-state index in [9.17, 15) is 13.2 Å². The topological polar surface area (TPSA) is 55.2 Å². The maximum Gasteiger partial charge on any atom is 0.434 e. The van der Waals surface area contributed by atoms with Crippen molar-refractivity contribution in [2.24, 2.45) is 0 Å². The summed E-state index contributed by atoms with van der Waals surface area (Å²) in [6, 6.07) is 4.87. The number of anilines is 1. The van der Waals surface area contributed by atoms with Gasteiger partial charge in [-0.25, -0.2) is 9.97 Å². The van der Waals surface area contributed by atoms with Crippen LogP contribution in [0.25, 0.3) is 11.4 Å². The summed E-state index contributed by atoms with van der Waals surface area (Å²) in [5.41, 5.74) is -0.392. The summed E-state index contributed by atoms with van der Waals surface area (Å²) in [6.45, 7) is 11.9. The molecule has 1 fully saturated rings. The van der Waals surface area contributed by atoms with E-state index in [1.165, 1.54) is 4.57 Å². The van der Waals surface area contributed by atoms with Crippen molar-refractivity contribution < 1.29 is 17.9 Å². The molecule has 0 bridgehead atoms. The minimum Gasteiger partial charge on any atom is -0.361 e. The van der Waals surface area contributed by atoms with Crippen LogP contribution in [0, 0.1) is 0 Å². The van der Waals surface area contributed by atoms with E-state index in [1.807, 2.05) is 6.07 Å². The predicted octanol–water partition coefficient (Wildman–Crippen LogP) is 4.07. The van der Waals surface area contributed by atoms with Crippen LogP contribution in [0.4, 0.5) is 19.0 Å². The predicted molar refractivity (Wildman–Crippen MR) is 114 cm³/mol. The van der Waals surface area contributed by atoms with Crippen molar-refractivity contribution in [3.8, 4) is 11.4 Å². The second kappa shape index (κ2) is 9.07. The SMILES string of the molecule is C[C@H]1CNCCN1c1ccc(-c2nc(C(F)(F)F)cn2COCC[Si](C)(C)C)cn1. The molecule has 6 nitrogen and oxygen atoms in total. The number of pyridine rings is 1. The van der Waals surface area contributed by atoms with Gasteiger partial charge >= 0.3 is 6.18 Å². The second-order valence-corrected chi connectivity index (χ2v) is 14.5. The van der Waals surface area contributed by atoms with Crippen molar-refractivity contribution in [2.75, 3.05) is 31.1 Å². The quantitative estimate of drug-likeness (QED) is 0.518. The number of aromatic nitrogens is 3. The number of hydrogen-bond donors (Lipinski definition) is 1. The number of halogens is 3. The Kier molecular flexibility index (Phi) is 6.88. The molecule has 166 valence electrons. The van der Waals surface area contributed by atoms with Crippen LogP contribution >= 0.6 is 0 Å². The van der Waals surface area contributed by atoms with Crippen molar-refractivity contribution in [1.29, 1.82) is 0 Å². The van der Waals surface area contributed by atoms with E-state index in [2.05, 4.69) is 46.7 Å². The summed E-state index contributed by atoms with van der Waals surface area (Å²) in [5.74, 6) is 1.02. The van der Waals surface area contributed by atoms with Gasteiger partial charge in [0.2, 0.25) is 0 Å². The molecule has 0 radical (unpaired) electrons. The highest BCUT2D eigenvalue weighted by Crippen LogP contribution is 2.31. The van der Waals surface area contributed by atoms with Gasteiger partial charge in [0.25, 0.3) is 0 Å². The fourth-order valence-corrected chi connectivity index (χ4v) is 4.05. The first-order chi connectivity index (χ1) is 14.0. The Morgan fingerprint density at radius 1 is 1.27 bits per heavy atom. The highest BCUT2D eigenvalue weighted by molar-refractivity contribution is 6.76. The van der Waals surface area contributed by atoms with E-state index in [0.29, 0.717) is 18.2 Å². The van der Waals surface area contributed by atoms with Crippen LogP contribution in [0.5, 0.6) is 0 Å². The minimum absolute atomic E-state index is 0.0273. The lowest BCUT2D eigenvalue weighted by Gasteiger charge is -2.34. The molecule has 0 unspecified atom stereocenters. The van der Waals surface area contributed by atoms with Crippen molar-refractivity contribution in [1.82, 2.24) is 19.9 Å². The molecule has 1 aliphatic heterocycles. The molecule has 3 rings (SSSR count). The smallest absolute Gasteiger partial charge is 0.361 e. The van der Waals surface area contributed by atoms with Gasteiger partial charge in [-0.3, -0.25) is 0 Å². The van der Waals surface area contributed by atoms with Crippen LogP contribution in [-0.4, -0.2) is 54.9 Å². The molecule has 3 heterocycles. The summed E-state index contributed by atoms with van der Waals surface area (Å²) in [6.07, 6.45) is -1.91. The number of piperazine rings is 1. The monoisotopic (exact) mass is 441 g/mol. The first kappa shape index (κ1) is 22.8. The highest BCUT2D eigenvalue weighted by atomic mass is 28.3. The summed E-state index contributed by atoms with van der Waals surface area (Å²) in [4.78, 5) is 10.5. The molecular formula is C20H30F3N5OSi. The van der Waals surface area contributed by atoms with Crippen LogP contribution in [0.2, 0.25) is 25.7 Å². The molecule has 0 spiro atoms. The van der Waals surface area contributed by atoms with Gasteiger partial charge in [0.1, 0.15) is 18.4 Å². The molecule has 0 amide bonds. The third-order valence-corrected chi connectivity index (χ3v) is 6.80. The van der Waals surface area contributed by atoms with Crippen LogP contribution in [0.1, 0.15) is 12.6 Å². The second-order valence-electron chi connectivity index (χ2n) is 8.92. The average Bonchev–Trinajstić information content (AvgIpc) is 3.10. The fraction of sp³-hybridized carbons (Fsp3) is 0.600. The highest BCUT2D eigenvalue weighted by Gasteiger charge is 2.35. The normalized spacial score (nSPS) is 18.1. The van der Waals surface area contributed by atoms with Gasteiger partial charge in [0, 0.05) is 58.3 Å². The van der Waals surface area contributed by atoms with Crippen LogP contribution in [0.15, 0.2) is 24.5 Å². The number of hydrogen-bond acceptors (Lipinski definition) is 5. The summed E-state index contributed by atoms with van der Waals surface area (Å²) in [5, 5.41) is 3.33. The molecule has 30 heavy (non-hydrogen) atoms. The Morgan fingerprint density at radius 3 is 2.63 bits per heavy atom. The van der Waals surface area contributed by atoms with E-state index in [-0.39, 0.29) is 12.6 Å². The van der Waals surface area contributed by atoms with Crippen molar-refractivity contribution in [3.63, 3.8) is 0 Å². The molecule has 1 N–H and O–H groups in total. The standard InChI is InChI=1S/C20H30F3N5OSi/c1-15-11-24-7-8-28(15)18-6-5-16(12-25-18)19-26-17(20(21,22)23)13-27(19)14-29-9-10-30(2,3)4/h5-6,12-13,15,24H,7-11,14H2,1-4H3/t15-/m0/s1. The average molecular weight is 442 g/mol. The Bertz CT molecular complexity index is 832. The van der Waals surface area contributed by atoms with Gasteiger partial charge < -0.3 is 19.5 Å². The third-order valence-electron chi connectivity index (χ3n) is 5.10. The Balaban J connectivity index is 1.80. The lowest BCUT2D eigenvalue weighted by molar-refractivity contribution is -0.141. The molecule has 1 aliphatic rings. The summed E-state index contributed by atoms with van der Waals surface area (Å²) in [7, 11) is -1.28. The molecule has 2 aromatic heterocycles. The zero-order valence-corrected chi connectivity index (χ0v) is 19.0. The molecule has 1 saturated heterocycles. The zero-order valence-electron chi connectivity index (χ0n) is 18.0. The van der Waals surface area contributed by atoms with Crippen LogP contribution in [0.3, 0.4) is 0 Å². The summed E-state index contributed by atoms with van der Waals surface area (Å²) >= 11 is 0. The first-order valence-electron chi connectivity index (χ1n) is 10.2. The van der Waals surface area contributed by atoms with Crippen molar-refractivity contribution in [3.05, 3.63) is 30.2 Å². The number of rotatable bonds is 7. The Hall–Kier alpha value is -1.91. The molecule has 10 heteroatoms. The zero-order chi connectivity index (χ0) is 21.9. The molecule has 0 saturated carbocycles. The first-order valence-corrected chi connectivity index (χ1v) is 13.9. The molecule has 2 aromatic rings. The fourth-order valence-electron chi connectivity index (χ4n) is 3.29. The Morgan fingerprint density at radius 2 is 2.03 bits per heavy atom. The van der Waals surface area contributed by atoms with E-state index < -0.39 is 19.9 Å². The van der Waals surface area contributed by atoms with Gasteiger partial charge in [0.15, 0.2) is 5.69 Å². The lowest BCUT2D eigenvalue weighted by Crippen LogP contribution is -2.50. The number of nitrogens with one attached hydrogen (secondary N) is 1. The molecule has 0 aromatic carbocycles. The third kappa shape index (κ3) is 5.83. The lowest BCUT2D eigenvalue weighted by atomic mass is 10.2. The van der Waals surface area contributed by atoms with E-state index in [0.717, 1.165) is 37.7 Å². The molecular weight excluding hydrogens is 411 g/mol. The van der Waals surface area contributed by atoms with E-state index >= 15 is 0 Å². The van der Waals surface area contributed by atoms with Gasteiger partial charge in [-0.15, -0.1) is 0 Å². The number of alkyl halides is 3. The van der Waals surface area contributed by atoms with Gasteiger partial charge in [-0.2, -0.15) is 13.2 Å². The maximum atomic E-state index is 13.3. The number of imidazole rings is 1. The van der Waals surface area contributed by atoms with Crippen molar-refractivity contribution >= 4 is 13.9 Å². The van der Waals surface area contributed by atoms with Crippen molar-refractivity contribution in [2.45, 2.75) is 51.6 Å². The van der Waals surface area contributed by atoms with Gasteiger partial charge in [0.05, 0.1) is 0 Å². The van der Waals surface area contributed by atoms with E-state index in [4.69, 9.17) is 4.74 Å². The van der Waals surface area contributed by atoms with Crippen LogP contribution < -0.4 is 10.2 Å². The Labute approximate surface area is 176 Å². The number of nitrogens with zero attached hydrogens (tertiary/aromatic N) is 4. The van der Waals surface area contributed by atoms with Crippen LogP contribution in [-0.2, 0) is 17.6 Å².